The molecule has 0 bridgehead atoms. The summed E-state index contributed by atoms with van der Waals surface area (Å²) in [5.41, 5.74) is 4.13. The maximum Gasteiger partial charge on any atom is 0.184 e. The van der Waals surface area contributed by atoms with E-state index in [9.17, 15) is 4.79 Å². The third kappa shape index (κ3) is 2.69. The molecule has 0 aromatic heterocycles. The SMILES string of the molecule is CC1(C)CC(CC2OCC(=O)CO2)=Cc2ccccc21. The van der Waals surface area contributed by atoms with Gasteiger partial charge in [-0.25, -0.2) is 0 Å². The Bertz CT molecular complexity index is 547. The fraction of sp³-hybridized carbons (Fsp3) is 0.471. The summed E-state index contributed by atoms with van der Waals surface area (Å²) in [5.74, 6) is 0.0181. The summed E-state index contributed by atoms with van der Waals surface area (Å²) in [6.45, 7) is 4.89. The van der Waals surface area contributed by atoms with Gasteiger partial charge in [-0.05, 0) is 23.0 Å². The fourth-order valence-corrected chi connectivity index (χ4v) is 3.10. The van der Waals surface area contributed by atoms with Gasteiger partial charge in [-0.2, -0.15) is 0 Å². The molecular weight excluding hydrogens is 252 g/mol. The maximum absolute atomic E-state index is 11.1. The van der Waals surface area contributed by atoms with Gasteiger partial charge in [0.05, 0.1) is 0 Å². The molecular formula is C17H20O3. The molecule has 0 radical (unpaired) electrons. The van der Waals surface area contributed by atoms with Crippen LogP contribution in [0.5, 0.6) is 0 Å². The van der Waals surface area contributed by atoms with Gasteiger partial charge in [0.25, 0.3) is 0 Å². The fourth-order valence-electron chi connectivity index (χ4n) is 3.10. The van der Waals surface area contributed by atoms with Crippen LogP contribution in [0.25, 0.3) is 6.08 Å². The van der Waals surface area contributed by atoms with E-state index < -0.39 is 0 Å². The Morgan fingerprint density at radius 1 is 1.20 bits per heavy atom. The number of carbonyl (C=O) groups is 1. The van der Waals surface area contributed by atoms with Crippen LogP contribution in [0.15, 0.2) is 29.8 Å². The van der Waals surface area contributed by atoms with Crippen molar-refractivity contribution >= 4 is 11.9 Å². The number of Topliss-reactive ketones (excluding diaryl/α,β-unsaturated/α-hetero) is 1. The van der Waals surface area contributed by atoms with E-state index in [4.69, 9.17) is 9.47 Å². The van der Waals surface area contributed by atoms with E-state index in [2.05, 4.69) is 44.2 Å². The number of carbonyl (C=O) groups excluding carboxylic acids is 1. The Balaban J connectivity index is 1.78. The van der Waals surface area contributed by atoms with Gasteiger partial charge in [-0.15, -0.1) is 0 Å². The molecule has 0 unspecified atom stereocenters. The van der Waals surface area contributed by atoms with Crippen molar-refractivity contribution < 1.29 is 14.3 Å². The molecule has 0 atom stereocenters. The highest BCUT2D eigenvalue weighted by Gasteiger charge is 2.30. The third-order valence-electron chi connectivity index (χ3n) is 4.01. The first-order valence-electron chi connectivity index (χ1n) is 7.08. The zero-order valence-corrected chi connectivity index (χ0v) is 12.0. The topological polar surface area (TPSA) is 35.5 Å². The van der Waals surface area contributed by atoms with Gasteiger partial charge in [0, 0.05) is 6.42 Å². The summed E-state index contributed by atoms with van der Waals surface area (Å²) in [6, 6.07) is 8.52. The zero-order chi connectivity index (χ0) is 14.2. The summed E-state index contributed by atoms with van der Waals surface area (Å²) >= 11 is 0. The smallest absolute Gasteiger partial charge is 0.184 e. The van der Waals surface area contributed by atoms with Gasteiger partial charge >= 0.3 is 0 Å². The van der Waals surface area contributed by atoms with Crippen LogP contribution in [0.2, 0.25) is 0 Å². The number of hydrogen-bond acceptors (Lipinski definition) is 3. The average molecular weight is 272 g/mol. The molecule has 106 valence electrons. The summed E-state index contributed by atoms with van der Waals surface area (Å²) in [7, 11) is 0. The molecule has 0 spiro atoms. The first-order chi connectivity index (χ1) is 9.54. The first kappa shape index (κ1) is 13.5. The van der Waals surface area contributed by atoms with Gasteiger partial charge in [0.1, 0.15) is 13.2 Å². The molecule has 1 aromatic rings. The number of hydrogen-bond donors (Lipinski definition) is 0. The van der Waals surface area contributed by atoms with Crippen LogP contribution in [0, 0.1) is 0 Å². The first-order valence-corrected chi connectivity index (χ1v) is 7.08. The van der Waals surface area contributed by atoms with Crippen LogP contribution < -0.4 is 0 Å². The molecule has 0 amide bonds. The van der Waals surface area contributed by atoms with E-state index in [-0.39, 0.29) is 30.7 Å². The Labute approximate surface area is 119 Å². The third-order valence-corrected chi connectivity index (χ3v) is 4.01. The van der Waals surface area contributed by atoms with Crippen molar-refractivity contribution in [3.63, 3.8) is 0 Å². The number of ketones is 1. The molecule has 3 heteroatoms. The molecule has 1 saturated heterocycles. The van der Waals surface area contributed by atoms with Crippen LogP contribution in [0.1, 0.15) is 37.8 Å². The van der Waals surface area contributed by atoms with E-state index in [1.807, 2.05) is 0 Å². The average Bonchev–Trinajstić information content (AvgIpc) is 2.41. The van der Waals surface area contributed by atoms with Gasteiger partial charge in [0.15, 0.2) is 12.1 Å². The Hall–Kier alpha value is -1.45. The van der Waals surface area contributed by atoms with E-state index in [1.165, 1.54) is 16.7 Å². The van der Waals surface area contributed by atoms with Crippen molar-refractivity contribution in [3.8, 4) is 0 Å². The zero-order valence-electron chi connectivity index (χ0n) is 12.0. The van der Waals surface area contributed by atoms with Crippen LogP contribution >= 0.6 is 0 Å². The normalized spacial score (nSPS) is 22.3. The van der Waals surface area contributed by atoms with Gasteiger partial charge in [-0.3, -0.25) is 4.79 Å². The molecule has 2 aliphatic rings. The molecule has 0 saturated carbocycles. The van der Waals surface area contributed by atoms with E-state index >= 15 is 0 Å². The molecule has 20 heavy (non-hydrogen) atoms. The predicted octanol–water partition coefficient (Wildman–Crippen LogP) is 3.08. The molecule has 1 fully saturated rings. The molecule has 1 aliphatic carbocycles. The minimum Gasteiger partial charge on any atom is -0.344 e. The lowest BCUT2D eigenvalue weighted by Gasteiger charge is -2.34. The molecule has 3 nitrogen and oxygen atoms in total. The highest BCUT2D eigenvalue weighted by atomic mass is 16.7. The van der Waals surface area contributed by atoms with Crippen molar-refractivity contribution in [2.24, 2.45) is 0 Å². The highest BCUT2D eigenvalue weighted by molar-refractivity contribution is 5.81. The van der Waals surface area contributed by atoms with Gasteiger partial charge < -0.3 is 9.47 Å². The van der Waals surface area contributed by atoms with Crippen molar-refractivity contribution in [1.82, 2.24) is 0 Å². The number of ether oxygens (including phenoxy) is 2. The summed E-state index contributed by atoms with van der Waals surface area (Å²) in [6.07, 6.45) is 3.70. The summed E-state index contributed by atoms with van der Waals surface area (Å²) in [5, 5.41) is 0. The van der Waals surface area contributed by atoms with Gasteiger partial charge in [0.2, 0.25) is 0 Å². The lowest BCUT2D eigenvalue weighted by atomic mass is 9.72. The highest BCUT2D eigenvalue weighted by Crippen LogP contribution is 2.39. The molecule has 1 aromatic carbocycles. The van der Waals surface area contributed by atoms with Crippen LogP contribution in [0.4, 0.5) is 0 Å². The second kappa shape index (κ2) is 5.15. The number of benzene rings is 1. The van der Waals surface area contributed by atoms with Crippen molar-refractivity contribution in [3.05, 3.63) is 41.0 Å². The largest absolute Gasteiger partial charge is 0.344 e. The molecule has 0 N–H and O–H groups in total. The molecule has 3 rings (SSSR count). The second-order valence-electron chi connectivity index (χ2n) is 6.24. The van der Waals surface area contributed by atoms with Gasteiger partial charge in [-0.1, -0.05) is 49.8 Å². The lowest BCUT2D eigenvalue weighted by molar-refractivity contribution is -0.185. The maximum atomic E-state index is 11.1. The predicted molar refractivity (Wildman–Crippen MR) is 77.4 cm³/mol. The Morgan fingerprint density at radius 3 is 2.65 bits per heavy atom. The standard InChI is InChI=1S/C17H20O3/c1-17(2)9-12(7-13-5-3-4-6-15(13)17)8-16-19-10-14(18)11-20-16/h3-7,16H,8-11H2,1-2H3. The quantitative estimate of drug-likeness (QED) is 0.830. The molecule has 1 heterocycles. The van der Waals surface area contributed by atoms with Crippen molar-refractivity contribution in [2.75, 3.05) is 13.2 Å². The number of fused-ring (bicyclic) bond motifs is 1. The minimum atomic E-state index is -0.278. The van der Waals surface area contributed by atoms with Crippen LogP contribution in [-0.4, -0.2) is 25.3 Å². The Kier molecular flexibility index (Phi) is 3.48. The lowest BCUT2D eigenvalue weighted by Crippen LogP contribution is -2.33. The van der Waals surface area contributed by atoms with E-state index in [0.29, 0.717) is 0 Å². The molecule has 1 aliphatic heterocycles. The van der Waals surface area contributed by atoms with E-state index in [0.717, 1.165) is 12.8 Å². The number of rotatable bonds is 2. The minimum absolute atomic E-state index is 0.0181. The van der Waals surface area contributed by atoms with Crippen molar-refractivity contribution in [1.29, 1.82) is 0 Å². The van der Waals surface area contributed by atoms with Crippen LogP contribution in [0.3, 0.4) is 0 Å². The monoisotopic (exact) mass is 272 g/mol. The van der Waals surface area contributed by atoms with E-state index in [1.54, 1.807) is 0 Å². The Morgan fingerprint density at radius 2 is 1.90 bits per heavy atom. The second-order valence-corrected chi connectivity index (χ2v) is 6.24. The van der Waals surface area contributed by atoms with Crippen LogP contribution in [-0.2, 0) is 19.7 Å². The van der Waals surface area contributed by atoms with Crippen molar-refractivity contribution in [2.45, 2.75) is 38.4 Å². The summed E-state index contributed by atoms with van der Waals surface area (Å²) < 4.78 is 10.9. The summed E-state index contributed by atoms with van der Waals surface area (Å²) in [4.78, 5) is 11.1.